The summed E-state index contributed by atoms with van der Waals surface area (Å²) in [7, 11) is 3.94. The fraction of sp³-hybridized carbons (Fsp3) is 0.429. The van der Waals surface area contributed by atoms with Gasteiger partial charge in [0.25, 0.3) is 0 Å². The molecule has 14 heavy (non-hydrogen) atoms. The zero-order chi connectivity index (χ0) is 9.97. The highest BCUT2D eigenvalue weighted by Crippen LogP contribution is 2.18. The zero-order valence-electron chi connectivity index (χ0n) is 7.93. The number of tetrazole rings is 1. The van der Waals surface area contributed by atoms with E-state index >= 15 is 0 Å². The van der Waals surface area contributed by atoms with Crippen LogP contribution in [0.1, 0.15) is 11.5 Å². The smallest absolute Gasteiger partial charge is 0.184 e. The molecule has 0 amide bonds. The van der Waals surface area contributed by atoms with Gasteiger partial charge in [-0.25, -0.2) is 4.98 Å². The van der Waals surface area contributed by atoms with Gasteiger partial charge in [-0.05, 0) is 0 Å². The molecular formula is C7H10N6S. The first kappa shape index (κ1) is 9.07. The summed E-state index contributed by atoms with van der Waals surface area (Å²) in [5, 5.41) is 16.6. The summed E-state index contributed by atoms with van der Waals surface area (Å²) in [5.41, 5.74) is 0.972. The molecule has 2 rings (SSSR count). The van der Waals surface area contributed by atoms with Gasteiger partial charge in [0, 0.05) is 19.5 Å². The van der Waals surface area contributed by atoms with E-state index in [-0.39, 0.29) is 0 Å². The van der Waals surface area contributed by atoms with Crippen molar-refractivity contribution in [1.82, 2.24) is 25.6 Å². The minimum Gasteiger partial charge on any atom is -0.354 e. The van der Waals surface area contributed by atoms with E-state index in [1.165, 1.54) is 0 Å². The van der Waals surface area contributed by atoms with Crippen LogP contribution in [0.25, 0.3) is 0 Å². The number of hydrogen-bond acceptors (Lipinski definition) is 6. The van der Waals surface area contributed by atoms with Crippen LogP contribution >= 0.6 is 11.3 Å². The van der Waals surface area contributed by atoms with Gasteiger partial charge in [-0.2, -0.15) is 5.21 Å². The van der Waals surface area contributed by atoms with Gasteiger partial charge < -0.3 is 4.90 Å². The molecule has 1 N–H and O–H groups in total. The Balaban J connectivity index is 2.11. The van der Waals surface area contributed by atoms with Gasteiger partial charge in [-0.1, -0.05) is 5.21 Å². The van der Waals surface area contributed by atoms with Crippen molar-refractivity contribution >= 4 is 16.5 Å². The maximum absolute atomic E-state index is 4.41. The van der Waals surface area contributed by atoms with E-state index in [9.17, 15) is 0 Å². The average Bonchev–Trinajstić information content (AvgIpc) is 2.75. The lowest BCUT2D eigenvalue weighted by Crippen LogP contribution is -2.08. The van der Waals surface area contributed by atoms with Crippen molar-refractivity contribution in [3.8, 4) is 0 Å². The van der Waals surface area contributed by atoms with Crippen LogP contribution in [-0.2, 0) is 6.42 Å². The molecule has 7 heteroatoms. The van der Waals surface area contributed by atoms with Gasteiger partial charge in [-0.3, -0.25) is 0 Å². The van der Waals surface area contributed by atoms with Crippen LogP contribution in [0, 0.1) is 0 Å². The molecule has 0 bridgehead atoms. The number of hydrogen-bond donors (Lipinski definition) is 1. The SMILES string of the molecule is CN(C)c1nc(Cc2nn[nH]n2)cs1. The van der Waals surface area contributed by atoms with Crippen molar-refractivity contribution in [2.45, 2.75) is 6.42 Å². The Morgan fingerprint density at radius 2 is 2.36 bits per heavy atom. The molecule has 0 aliphatic carbocycles. The lowest BCUT2D eigenvalue weighted by Gasteiger charge is -2.05. The van der Waals surface area contributed by atoms with Gasteiger partial charge >= 0.3 is 0 Å². The molecule has 0 saturated heterocycles. The van der Waals surface area contributed by atoms with E-state index in [0.29, 0.717) is 12.2 Å². The third-order valence-electron chi connectivity index (χ3n) is 1.65. The highest BCUT2D eigenvalue weighted by atomic mass is 32.1. The fourth-order valence-corrected chi connectivity index (χ4v) is 1.76. The maximum atomic E-state index is 4.41. The van der Waals surface area contributed by atoms with E-state index in [4.69, 9.17) is 0 Å². The van der Waals surface area contributed by atoms with Gasteiger partial charge in [0.2, 0.25) is 0 Å². The van der Waals surface area contributed by atoms with Crippen molar-refractivity contribution in [3.05, 3.63) is 16.9 Å². The van der Waals surface area contributed by atoms with E-state index in [1.807, 2.05) is 24.4 Å². The summed E-state index contributed by atoms with van der Waals surface area (Å²) in [6, 6.07) is 0. The Morgan fingerprint density at radius 3 is 2.93 bits per heavy atom. The van der Waals surface area contributed by atoms with Crippen molar-refractivity contribution in [2.24, 2.45) is 0 Å². The summed E-state index contributed by atoms with van der Waals surface area (Å²) in [6.45, 7) is 0. The summed E-state index contributed by atoms with van der Waals surface area (Å²) in [5.74, 6) is 0.667. The number of nitrogens with zero attached hydrogens (tertiary/aromatic N) is 5. The molecule has 74 valence electrons. The fourth-order valence-electron chi connectivity index (χ4n) is 1.00. The third-order valence-corrected chi connectivity index (χ3v) is 2.71. The molecule has 0 aliphatic rings. The van der Waals surface area contributed by atoms with Gasteiger partial charge in [0.05, 0.1) is 12.1 Å². The van der Waals surface area contributed by atoms with Crippen LogP contribution in [0.2, 0.25) is 0 Å². The maximum Gasteiger partial charge on any atom is 0.184 e. The monoisotopic (exact) mass is 210 g/mol. The van der Waals surface area contributed by atoms with Crippen LogP contribution < -0.4 is 4.90 Å². The molecule has 2 aromatic heterocycles. The average molecular weight is 210 g/mol. The number of rotatable bonds is 3. The first-order valence-corrected chi connectivity index (χ1v) is 4.97. The number of thiazole rings is 1. The Morgan fingerprint density at radius 1 is 1.50 bits per heavy atom. The summed E-state index contributed by atoms with van der Waals surface area (Å²) in [4.78, 5) is 6.38. The molecule has 6 nitrogen and oxygen atoms in total. The van der Waals surface area contributed by atoms with Crippen LogP contribution in [0.15, 0.2) is 5.38 Å². The highest BCUT2D eigenvalue weighted by molar-refractivity contribution is 7.13. The van der Waals surface area contributed by atoms with E-state index in [2.05, 4.69) is 25.6 Å². The van der Waals surface area contributed by atoms with Crippen LogP contribution in [0.4, 0.5) is 5.13 Å². The standard InChI is InChI=1S/C7H10N6S/c1-13(2)7-8-5(4-14-7)3-6-9-11-12-10-6/h4H,3H2,1-2H3,(H,9,10,11,12). The molecule has 0 spiro atoms. The van der Waals surface area contributed by atoms with E-state index < -0.39 is 0 Å². The predicted octanol–water partition coefficient (Wildman–Crippen LogP) is 0.313. The Labute approximate surface area is 85.0 Å². The molecule has 0 fully saturated rings. The second-order valence-electron chi connectivity index (χ2n) is 3.02. The molecule has 0 aliphatic heterocycles. The highest BCUT2D eigenvalue weighted by Gasteiger charge is 2.06. The molecule has 0 saturated carbocycles. The lowest BCUT2D eigenvalue weighted by molar-refractivity contribution is 0.881. The summed E-state index contributed by atoms with van der Waals surface area (Å²) in [6.07, 6.45) is 0.626. The number of aromatic nitrogens is 5. The summed E-state index contributed by atoms with van der Waals surface area (Å²) >= 11 is 1.61. The van der Waals surface area contributed by atoms with Crippen LogP contribution in [-0.4, -0.2) is 39.7 Å². The molecule has 2 heterocycles. The minimum absolute atomic E-state index is 0.626. The van der Waals surface area contributed by atoms with Crippen molar-refractivity contribution < 1.29 is 0 Å². The second-order valence-corrected chi connectivity index (χ2v) is 3.86. The van der Waals surface area contributed by atoms with Crippen LogP contribution in [0.3, 0.4) is 0 Å². The third kappa shape index (κ3) is 1.87. The van der Waals surface area contributed by atoms with E-state index in [0.717, 1.165) is 10.8 Å². The van der Waals surface area contributed by atoms with E-state index in [1.54, 1.807) is 11.3 Å². The number of anilines is 1. The number of H-pyrrole nitrogens is 1. The quantitative estimate of drug-likeness (QED) is 0.789. The number of nitrogens with one attached hydrogen (secondary N) is 1. The molecule has 0 aromatic carbocycles. The lowest BCUT2D eigenvalue weighted by atomic mass is 10.3. The number of aromatic amines is 1. The zero-order valence-corrected chi connectivity index (χ0v) is 8.75. The Kier molecular flexibility index (Phi) is 2.40. The Hall–Kier alpha value is -1.50. The van der Waals surface area contributed by atoms with Gasteiger partial charge in [0.1, 0.15) is 0 Å². The molecule has 0 radical (unpaired) electrons. The first-order valence-electron chi connectivity index (χ1n) is 4.10. The largest absolute Gasteiger partial charge is 0.354 e. The van der Waals surface area contributed by atoms with Crippen molar-refractivity contribution in [3.63, 3.8) is 0 Å². The summed E-state index contributed by atoms with van der Waals surface area (Å²) < 4.78 is 0. The normalized spacial score (nSPS) is 10.4. The second kappa shape index (κ2) is 3.70. The Bertz CT molecular complexity index is 392. The first-order chi connectivity index (χ1) is 6.75. The van der Waals surface area contributed by atoms with Gasteiger partial charge in [0.15, 0.2) is 11.0 Å². The van der Waals surface area contributed by atoms with Crippen molar-refractivity contribution in [1.29, 1.82) is 0 Å². The predicted molar refractivity (Wildman–Crippen MR) is 53.4 cm³/mol. The van der Waals surface area contributed by atoms with Gasteiger partial charge in [-0.15, -0.1) is 21.5 Å². The molecule has 0 unspecified atom stereocenters. The minimum atomic E-state index is 0.626. The molecular weight excluding hydrogens is 200 g/mol. The molecule has 0 atom stereocenters. The van der Waals surface area contributed by atoms with Crippen molar-refractivity contribution in [2.75, 3.05) is 19.0 Å². The van der Waals surface area contributed by atoms with Crippen LogP contribution in [0.5, 0.6) is 0 Å². The molecule has 2 aromatic rings. The topological polar surface area (TPSA) is 70.6 Å².